The Balaban J connectivity index is 2.54. The SMILES string of the molecule is CCOCC(C(C)C)n1c(=S)[nH]c2ccc(F)cc21. The van der Waals surface area contributed by atoms with Gasteiger partial charge in [0.15, 0.2) is 4.77 Å². The third-order valence-corrected chi connectivity index (χ3v) is 3.57. The van der Waals surface area contributed by atoms with Crippen LogP contribution in [-0.2, 0) is 4.74 Å². The number of benzene rings is 1. The average Bonchev–Trinajstić information content (AvgIpc) is 2.66. The molecule has 1 N–H and O–H groups in total. The van der Waals surface area contributed by atoms with Crippen molar-refractivity contribution in [2.75, 3.05) is 13.2 Å². The molecule has 2 aromatic rings. The molecule has 0 amide bonds. The maximum Gasteiger partial charge on any atom is 0.178 e. The van der Waals surface area contributed by atoms with Crippen LogP contribution in [0.15, 0.2) is 18.2 Å². The number of ether oxygens (including phenoxy) is 1. The van der Waals surface area contributed by atoms with E-state index in [-0.39, 0.29) is 11.9 Å². The zero-order valence-electron chi connectivity index (χ0n) is 11.4. The molecule has 0 saturated carbocycles. The van der Waals surface area contributed by atoms with Gasteiger partial charge in [-0.1, -0.05) is 13.8 Å². The molecule has 1 heterocycles. The number of hydrogen-bond donors (Lipinski definition) is 1. The summed E-state index contributed by atoms with van der Waals surface area (Å²) in [5, 5.41) is 0. The molecule has 5 heteroatoms. The van der Waals surface area contributed by atoms with Crippen molar-refractivity contribution in [3.63, 3.8) is 0 Å². The van der Waals surface area contributed by atoms with Gasteiger partial charge in [-0.15, -0.1) is 0 Å². The summed E-state index contributed by atoms with van der Waals surface area (Å²) in [6.07, 6.45) is 0. The molecule has 0 bridgehead atoms. The number of imidazole rings is 1. The summed E-state index contributed by atoms with van der Waals surface area (Å²) in [6.45, 7) is 7.43. The number of rotatable bonds is 5. The summed E-state index contributed by atoms with van der Waals surface area (Å²) in [7, 11) is 0. The number of hydrogen-bond acceptors (Lipinski definition) is 2. The lowest BCUT2D eigenvalue weighted by Crippen LogP contribution is -2.21. The lowest BCUT2D eigenvalue weighted by Gasteiger charge is -2.23. The number of nitrogens with one attached hydrogen (secondary N) is 1. The van der Waals surface area contributed by atoms with Crippen LogP contribution in [0.25, 0.3) is 11.0 Å². The van der Waals surface area contributed by atoms with Gasteiger partial charge < -0.3 is 14.3 Å². The number of nitrogens with zero attached hydrogens (tertiary/aromatic N) is 1. The minimum absolute atomic E-state index is 0.1000. The van der Waals surface area contributed by atoms with Gasteiger partial charge in [0, 0.05) is 6.61 Å². The largest absolute Gasteiger partial charge is 0.380 e. The van der Waals surface area contributed by atoms with E-state index in [1.54, 1.807) is 6.07 Å². The fourth-order valence-corrected chi connectivity index (χ4v) is 2.57. The number of halogens is 1. The normalized spacial score (nSPS) is 13.3. The van der Waals surface area contributed by atoms with E-state index in [9.17, 15) is 4.39 Å². The monoisotopic (exact) mass is 282 g/mol. The van der Waals surface area contributed by atoms with E-state index in [4.69, 9.17) is 17.0 Å². The van der Waals surface area contributed by atoms with Crippen molar-refractivity contribution in [2.45, 2.75) is 26.8 Å². The molecule has 0 aliphatic carbocycles. The van der Waals surface area contributed by atoms with Crippen molar-refractivity contribution in [2.24, 2.45) is 5.92 Å². The predicted octanol–water partition coefficient (Wildman–Crippen LogP) is 4.07. The maximum atomic E-state index is 13.4. The minimum Gasteiger partial charge on any atom is -0.380 e. The van der Waals surface area contributed by atoms with Gasteiger partial charge in [0.2, 0.25) is 0 Å². The van der Waals surface area contributed by atoms with Gasteiger partial charge >= 0.3 is 0 Å². The summed E-state index contributed by atoms with van der Waals surface area (Å²) in [5.74, 6) is 0.0923. The first-order valence-corrected chi connectivity index (χ1v) is 6.93. The van der Waals surface area contributed by atoms with E-state index in [1.165, 1.54) is 12.1 Å². The number of H-pyrrole nitrogens is 1. The van der Waals surface area contributed by atoms with Crippen molar-refractivity contribution in [1.29, 1.82) is 0 Å². The lowest BCUT2D eigenvalue weighted by molar-refractivity contribution is 0.0974. The molecule has 1 atom stereocenters. The molecule has 0 aliphatic heterocycles. The second-order valence-corrected chi connectivity index (χ2v) is 5.32. The summed E-state index contributed by atoms with van der Waals surface area (Å²) >= 11 is 5.37. The topological polar surface area (TPSA) is 29.9 Å². The number of fused-ring (bicyclic) bond motifs is 1. The van der Waals surface area contributed by atoms with E-state index in [0.717, 1.165) is 11.0 Å². The van der Waals surface area contributed by atoms with Crippen molar-refractivity contribution in [1.82, 2.24) is 9.55 Å². The third kappa shape index (κ3) is 2.87. The molecule has 0 aliphatic rings. The Morgan fingerprint density at radius 2 is 2.16 bits per heavy atom. The van der Waals surface area contributed by atoms with Crippen molar-refractivity contribution in [3.8, 4) is 0 Å². The summed E-state index contributed by atoms with van der Waals surface area (Å²) in [5.41, 5.74) is 1.65. The van der Waals surface area contributed by atoms with E-state index in [0.29, 0.717) is 23.9 Å². The fraction of sp³-hybridized carbons (Fsp3) is 0.500. The zero-order chi connectivity index (χ0) is 14.0. The summed E-state index contributed by atoms with van der Waals surface area (Å²) in [4.78, 5) is 3.12. The molecule has 0 fully saturated rings. The van der Waals surface area contributed by atoms with Crippen LogP contribution in [0.5, 0.6) is 0 Å². The van der Waals surface area contributed by atoms with Crippen LogP contribution in [0.2, 0.25) is 0 Å². The van der Waals surface area contributed by atoms with Gasteiger partial charge in [-0.3, -0.25) is 0 Å². The molecule has 104 valence electrons. The molecule has 2 rings (SSSR count). The first-order valence-electron chi connectivity index (χ1n) is 6.52. The smallest absolute Gasteiger partial charge is 0.178 e. The van der Waals surface area contributed by atoms with Gasteiger partial charge in [-0.25, -0.2) is 4.39 Å². The molecule has 0 spiro atoms. The molecule has 1 aromatic carbocycles. The quantitative estimate of drug-likeness (QED) is 0.838. The fourth-order valence-electron chi connectivity index (χ4n) is 2.23. The summed E-state index contributed by atoms with van der Waals surface area (Å²) in [6, 6.07) is 4.77. The molecule has 1 unspecified atom stereocenters. The first kappa shape index (κ1) is 14.2. The minimum atomic E-state index is -0.255. The van der Waals surface area contributed by atoms with E-state index >= 15 is 0 Å². The Morgan fingerprint density at radius 1 is 1.42 bits per heavy atom. The van der Waals surface area contributed by atoms with Crippen molar-refractivity contribution < 1.29 is 9.13 Å². The predicted molar refractivity (Wildman–Crippen MR) is 77.4 cm³/mol. The Bertz CT molecular complexity index is 617. The van der Waals surface area contributed by atoms with Crippen molar-refractivity contribution in [3.05, 3.63) is 28.8 Å². The Kier molecular flexibility index (Phi) is 4.37. The van der Waals surface area contributed by atoms with Crippen LogP contribution in [-0.4, -0.2) is 22.8 Å². The Hall–Kier alpha value is -1.20. The molecule has 1 aromatic heterocycles. The highest BCUT2D eigenvalue weighted by Crippen LogP contribution is 2.25. The van der Waals surface area contributed by atoms with Crippen LogP contribution in [0.4, 0.5) is 4.39 Å². The van der Waals surface area contributed by atoms with Gasteiger partial charge in [0.05, 0.1) is 23.7 Å². The third-order valence-electron chi connectivity index (χ3n) is 3.27. The van der Waals surface area contributed by atoms with E-state index in [1.807, 2.05) is 11.5 Å². The van der Waals surface area contributed by atoms with Crippen LogP contribution < -0.4 is 0 Å². The highest BCUT2D eigenvalue weighted by molar-refractivity contribution is 7.71. The molecule has 19 heavy (non-hydrogen) atoms. The zero-order valence-corrected chi connectivity index (χ0v) is 12.3. The van der Waals surface area contributed by atoms with Crippen molar-refractivity contribution >= 4 is 23.3 Å². The Labute approximate surface area is 117 Å². The van der Waals surface area contributed by atoms with Crippen LogP contribution in [0.3, 0.4) is 0 Å². The summed E-state index contributed by atoms with van der Waals surface area (Å²) < 4.78 is 21.6. The van der Waals surface area contributed by atoms with E-state index < -0.39 is 0 Å². The standard InChI is InChI=1S/C14H19FN2OS/c1-4-18-8-13(9(2)3)17-12-7-10(15)5-6-11(12)16-14(17)19/h5-7,9,13H,4,8H2,1-3H3,(H,16,19). The molecule has 0 radical (unpaired) electrons. The molecular formula is C14H19FN2OS. The van der Waals surface area contributed by atoms with Crippen LogP contribution in [0.1, 0.15) is 26.8 Å². The number of aromatic amines is 1. The lowest BCUT2D eigenvalue weighted by atomic mass is 10.0. The van der Waals surface area contributed by atoms with E-state index in [2.05, 4.69) is 18.8 Å². The molecule has 0 saturated heterocycles. The highest BCUT2D eigenvalue weighted by atomic mass is 32.1. The highest BCUT2D eigenvalue weighted by Gasteiger charge is 2.19. The molecule has 3 nitrogen and oxygen atoms in total. The first-order chi connectivity index (χ1) is 9.04. The van der Waals surface area contributed by atoms with Crippen LogP contribution >= 0.6 is 12.2 Å². The molecular weight excluding hydrogens is 263 g/mol. The maximum absolute atomic E-state index is 13.4. The van der Waals surface area contributed by atoms with Gasteiger partial charge in [0.25, 0.3) is 0 Å². The Morgan fingerprint density at radius 3 is 2.79 bits per heavy atom. The second-order valence-electron chi connectivity index (χ2n) is 4.93. The van der Waals surface area contributed by atoms with Gasteiger partial charge in [-0.05, 0) is 43.3 Å². The van der Waals surface area contributed by atoms with Gasteiger partial charge in [0.1, 0.15) is 5.82 Å². The average molecular weight is 282 g/mol. The van der Waals surface area contributed by atoms with Gasteiger partial charge in [-0.2, -0.15) is 0 Å². The number of aromatic nitrogens is 2. The van der Waals surface area contributed by atoms with Crippen LogP contribution in [0, 0.1) is 16.5 Å². The second kappa shape index (κ2) is 5.84.